The van der Waals surface area contributed by atoms with Crippen LogP contribution in [0.1, 0.15) is 22.2 Å². The van der Waals surface area contributed by atoms with Crippen molar-refractivity contribution in [1.29, 1.82) is 0 Å². The van der Waals surface area contributed by atoms with Crippen LogP contribution >= 0.6 is 0 Å². The van der Waals surface area contributed by atoms with E-state index in [0.717, 1.165) is 5.69 Å². The smallest absolute Gasteiger partial charge is 0.257 e. The average Bonchev–Trinajstić information content (AvgIpc) is 2.68. The van der Waals surface area contributed by atoms with E-state index in [1.54, 1.807) is 35.6 Å². The maximum atomic E-state index is 12.9. The van der Waals surface area contributed by atoms with E-state index < -0.39 is 0 Å². The minimum atomic E-state index is -0.270. The van der Waals surface area contributed by atoms with Gasteiger partial charge in [-0.3, -0.25) is 14.8 Å². The van der Waals surface area contributed by atoms with E-state index in [1.807, 2.05) is 6.07 Å². The minimum absolute atomic E-state index is 0.0884. The number of nitrogens with zero attached hydrogens (tertiary/aromatic N) is 3. The SMILES string of the molecule is O=C(c1cccc2c1OCCO2)N1CCO[C@H](c2cnccn2)C1. The van der Waals surface area contributed by atoms with E-state index in [0.29, 0.717) is 50.0 Å². The van der Waals surface area contributed by atoms with Gasteiger partial charge < -0.3 is 19.1 Å². The Labute approximate surface area is 139 Å². The first-order valence-electron chi connectivity index (χ1n) is 7.88. The molecule has 2 aliphatic heterocycles. The molecule has 0 radical (unpaired) electrons. The number of amides is 1. The molecule has 24 heavy (non-hydrogen) atoms. The lowest BCUT2D eigenvalue weighted by atomic mass is 10.1. The summed E-state index contributed by atoms with van der Waals surface area (Å²) in [6.45, 7) is 2.36. The zero-order valence-electron chi connectivity index (χ0n) is 13.1. The molecular weight excluding hydrogens is 310 g/mol. The normalized spacial score (nSPS) is 19.8. The van der Waals surface area contributed by atoms with Crippen molar-refractivity contribution in [2.24, 2.45) is 0 Å². The molecule has 2 aliphatic rings. The van der Waals surface area contributed by atoms with Crippen molar-refractivity contribution in [1.82, 2.24) is 14.9 Å². The van der Waals surface area contributed by atoms with E-state index in [-0.39, 0.29) is 12.0 Å². The van der Waals surface area contributed by atoms with Crippen molar-refractivity contribution in [2.75, 3.05) is 32.9 Å². The highest BCUT2D eigenvalue weighted by atomic mass is 16.6. The number of carbonyl (C=O) groups excluding carboxylic acids is 1. The predicted octanol–water partition coefficient (Wildman–Crippen LogP) is 1.46. The lowest BCUT2D eigenvalue weighted by molar-refractivity contribution is -0.0250. The second-order valence-corrected chi connectivity index (χ2v) is 5.57. The third-order valence-electron chi connectivity index (χ3n) is 4.06. The van der Waals surface area contributed by atoms with Crippen molar-refractivity contribution in [3.8, 4) is 11.5 Å². The summed E-state index contributed by atoms with van der Waals surface area (Å²) in [6, 6.07) is 5.39. The predicted molar refractivity (Wildman–Crippen MR) is 84.1 cm³/mol. The monoisotopic (exact) mass is 327 g/mol. The molecule has 2 aromatic rings. The number of morpholine rings is 1. The van der Waals surface area contributed by atoms with E-state index in [9.17, 15) is 4.79 Å². The first-order chi connectivity index (χ1) is 11.8. The van der Waals surface area contributed by atoms with E-state index in [2.05, 4.69) is 9.97 Å². The first-order valence-corrected chi connectivity index (χ1v) is 7.88. The van der Waals surface area contributed by atoms with Crippen molar-refractivity contribution in [2.45, 2.75) is 6.10 Å². The second kappa shape index (κ2) is 6.45. The number of carbonyl (C=O) groups is 1. The number of benzene rings is 1. The van der Waals surface area contributed by atoms with Crippen LogP contribution in [0.25, 0.3) is 0 Å². The van der Waals surface area contributed by atoms with Gasteiger partial charge in [-0.15, -0.1) is 0 Å². The van der Waals surface area contributed by atoms with Crippen LogP contribution < -0.4 is 9.47 Å². The molecule has 3 heterocycles. The van der Waals surface area contributed by atoms with Crippen molar-refractivity contribution < 1.29 is 19.0 Å². The molecule has 1 saturated heterocycles. The largest absolute Gasteiger partial charge is 0.486 e. The Balaban J connectivity index is 1.56. The molecule has 0 unspecified atom stereocenters. The average molecular weight is 327 g/mol. The molecule has 7 nitrogen and oxygen atoms in total. The lowest BCUT2D eigenvalue weighted by Crippen LogP contribution is -2.42. The van der Waals surface area contributed by atoms with Crippen molar-refractivity contribution in [3.63, 3.8) is 0 Å². The molecule has 124 valence electrons. The van der Waals surface area contributed by atoms with Gasteiger partial charge in [0.25, 0.3) is 5.91 Å². The number of hydrogen-bond donors (Lipinski definition) is 0. The van der Waals surface area contributed by atoms with Crippen LogP contribution in [0, 0.1) is 0 Å². The summed E-state index contributed by atoms with van der Waals surface area (Å²) in [6.07, 6.45) is 4.63. The Morgan fingerprint density at radius 3 is 2.96 bits per heavy atom. The van der Waals surface area contributed by atoms with E-state index in [4.69, 9.17) is 14.2 Å². The maximum absolute atomic E-state index is 12.9. The third-order valence-corrected chi connectivity index (χ3v) is 4.06. The number of ether oxygens (including phenoxy) is 3. The number of para-hydroxylation sites is 1. The topological polar surface area (TPSA) is 73.8 Å². The Hall–Kier alpha value is -2.67. The molecule has 1 fully saturated rings. The van der Waals surface area contributed by atoms with Crippen LogP contribution in [0.4, 0.5) is 0 Å². The van der Waals surface area contributed by atoms with Crippen LogP contribution in [0.15, 0.2) is 36.8 Å². The van der Waals surface area contributed by atoms with Crippen LogP contribution in [0.2, 0.25) is 0 Å². The van der Waals surface area contributed by atoms with Gasteiger partial charge in [0, 0.05) is 18.9 Å². The Bertz CT molecular complexity index is 738. The van der Waals surface area contributed by atoms with Crippen molar-refractivity contribution >= 4 is 5.91 Å². The summed E-state index contributed by atoms with van der Waals surface area (Å²) in [5.41, 5.74) is 1.25. The Kier molecular flexibility index (Phi) is 4.00. The van der Waals surface area contributed by atoms with Crippen LogP contribution in [-0.4, -0.2) is 53.7 Å². The molecule has 1 aromatic carbocycles. The summed E-state index contributed by atoms with van der Waals surface area (Å²) in [4.78, 5) is 23.0. The summed E-state index contributed by atoms with van der Waals surface area (Å²) in [7, 11) is 0. The Morgan fingerprint density at radius 2 is 2.08 bits per heavy atom. The molecule has 1 amide bonds. The summed E-state index contributed by atoms with van der Waals surface area (Å²) >= 11 is 0. The van der Waals surface area contributed by atoms with Crippen LogP contribution in [-0.2, 0) is 4.74 Å². The van der Waals surface area contributed by atoms with Gasteiger partial charge in [0.05, 0.1) is 30.6 Å². The fourth-order valence-electron chi connectivity index (χ4n) is 2.90. The maximum Gasteiger partial charge on any atom is 0.257 e. The quantitative estimate of drug-likeness (QED) is 0.831. The van der Waals surface area contributed by atoms with E-state index >= 15 is 0 Å². The number of hydrogen-bond acceptors (Lipinski definition) is 6. The zero-order valence-corrected chi connectivity index (χ0v) is 13.1. The molecule has 0 saturated carbocycles. The molecule has 1 atom stereocenters. The number of aromatic nitrogens is 2. The van der Waals surface area contributed by atoms with Gasteiger partial charge in [-0.25, -0.2) is 0 Å². The van der Waals surface area contributed by atoms with Crippen LogP contribution in [0.3, 0.4) is 0 Å². The first kappa shape index (κ1) is 14.9. The van der Waals surface area contributed by atoms with Gasteiger partial charge in [-0.05, 0) is 12.1 Å². The highest BCUT2D eigenvalue weighted by molar-refractivity contribution is 5.98. The molecule has 0 spiro atoms. The van der Waals surface area contributed by atoms with Gasteiger partial charge in [0.2, 0.25) is 0 Å². The number of fused-ring (bicyclic) bond motifs is 1. The minimum Gasteiger partial charge on any atom is -0.486 e. The summed E-state index contributed by atoms with van der Waals surface area (Å²) in [5, 5.41) is 0. The van der Waals surface area contributed by atoms with Gasteiger partial charge in [-0.1, -0.05) is 6.07 Å². The van der Waals surface area contributed by atoms with Gasteiger partial charge in [-0.2, -0.15) is 0 Å². The summed E-state index contributed by atoms with van der Waals surface area (Å²) in [5.74, 6) is 1.05. The molecular formula is C17H17N3O4. The molecule has 4 rings (SSSR count). The standard InChI is InChI=1S/C17H17N3O4/c21-17(12-2-1-3-14-16(12)24-9-8-23-14)20-6-7-22-15(11-20)13-10-18-4-5-19-13/h1-5,10,15H,6-9,11H2/t15-/m0/s1. The van der Waals surface area contributed by atoms with Crippen molar-refractivity contribution in [3.05, 3.63) is 48.0 Å². The zero-order chi connectivity index (χ0) is 16.4. The van der Waals surface area contributed by atoms with Gasteiger partial charge >= 0.3 is 0 Å². The highest BCUT2D eigenvalue weighted by Gasteiger charge is 2.30. The van der Waals surface area contributed by atoms with Crippen LogP contribution in [0.5, 0.6) is 11.5 Å². The molecule has 7 heteroatoms. The molecule has 0 N–H and O–H groups in total. The van der Waals surface area contributed by atoms with Gasteiger partial charge in [0.15, 0.2) is 11.5 Å². The molecule has 0 aliphatic carbocycles. The Morgan fingerprint density at radius 1 is 1.17 bits per heavy atom. The molecule has 1 aromatic heterocycles. The lowest BCUT2D eigenvalue weighted by Gasteiger charge is -2.33. The number of rotatable bonds is 2. The summed E-state index contributed by atoms with van der Waals surface area (Å²) < 4.78 is 16.9. The third kappa shape index (κ3) is 2.78. The second-order valence-electron chi connectivity index (χ2n) is 5.57. The fraction of sp³-hybridized carbons (Fsp3) is 0.353. The fourth-order valence-corrected chi connectivity index (χ4v) is 2.90. The molecule has 0 bridgehead atoms. The highest BCUT2D eigenvalue weighted by Crippen LogP contribution is 2.35. The van der Waals surface area contributed by atoms with E-state index in [1.165, 1.54) is 0 Å². The van der Waals surface area contributed by atoms with Gasteiger partial charge in [0.1, 0.15) is 19.3 Å².